The average molecular weight is 289 g/mol. The summed E-state index contributed by atoms with van der Waals surface area (Å²) in [6.45, 7) is 7.33. The molecular formula is C17H27N3O. The molecule has 0 aliphatic carbocycles. The Kier molecular flexibility index (Phi) is 5.76. The van der Waals surface area contributed by atoms with E-state index in [-0.39, 0.29) is 11.9 Å². The van der Waals surface area contributed by atoms with E-state index in [1.165, 1.54) is 5.56 Å². The smallest absolute Gasteiger partial charge is 0.236 e. The van der Waals surface area contributed by atoms with E-state index < -0.39 is 0 Å². The molecule has 0 spiro atoms. The lowest BCUT2D eigenvalue weighted by Gasteiger charge is -2.38. The van der Waals surface area contributed by atoms with E-state index >= 15 is 0 Å². The lowest BCUT2D eigenvalue weighted by molar-refractivity contribution is -0.122. The van der Waals surface area contributed by atoms with Crippen LogP contribution in [0.1, 0.15) is 25.8 Å². The van der Waals surface area contributed by atoms with Gasteiger partial charge in [-0.25, -0.2) is 0 Å². The van der Waals surface area contributed by atoms with Gasteiger partial charge in [-0.15, -0.1) is 0 Å². The van der Waals surface area contributed by atoms with Gasteiger partial charge in [0.15, 0.2) is 0 Å². The summed E-state index contributed by atoms with van der Waals surface area (Å²) in [7, 11) is 1.69. The predicted molar refractivity (Wildman–Crippen MR) is 86.0 cm³/mol. The van der Waals surface area contributed by atoms with Gasteiger partial charge in [-0.3, -0.25) is 9.69 Å². The van der Waals surface area contributed by atoms with Crippen molar-refractivity contribution in [1.82, 2.24) is 15.5 Å². The van der Waals surface area contributed by atoms with Gasteiger partial charge in [0.05, 0.1) is 6.04 Å². The van der Waals surface area contributed by atoms with E-state index in [0.29, 0.717) is 12.0 Å². The van der Waals surface area contributed by atoms with Crippen molar-refractivity contribution in [2.45, 2.75) is 38.9 Å². The summed E-state index contributed by atoms with van der Waals surface area (Å²) >= 11 is 0. The first-order chi connectivity index (χ1) is 10.1. The van der Waals surface area contributed by atoms with Crippen LogP contribution in [-0.2, 0) is 11.3 Å². The highest BCUT2D eigenvalue weighted by Crippen LogP contribution is 2.19. The summed E-state index contributed by atoms with van der Waals surface area (Å²) in [4.78, 5) is 14.1. The third-order valence-electron chi connectivity index (χ3n) is 4.11. The van der Waals surface area contributed by atoms with E-state index in [0.717, 1.165) is 26.1 Å². The number of nitrogens with zero attached hydrogens (tertiary/aromatic N) is 1. The van der Waals surface area contributed by atoms with Crippen LogP contribution in [0.15, 0.2) is 30.3 Å². The number of likely N-dealkylation sites (N-methyl/N-ethyl adjacent to an activating group) is 1. The zero-order chi connectivity index (χ0) is 15.2. The molecule has 3 atom stereocenters. The van der Waals surface area contributed by atoms with Crippen molar-refractivity contribution < 1.29 is 4.79 Å². The van der Waals surface area contributed by atoms with Gasteiger partial charge in [0.2, 0.25) is 5.91 Å². The second-order valence-corrected chi connectivity index (χ2v) is 6.22. The Morgan fingerprint density at radius 1 is 1.33 bits per heavy atom. The summed E-state index contributed by atoms with van der Waals surface area (Å²) in [5.74, 6) is 0.708. The fourth-order valence-corrected chi connectivity index (χ4v) is 3.20. The van der Waals surface area contributed by atoms with E-state index in [2.05, 4.69) is 52.8 Å². The number of nitrogens with one attached hydrogen (secondary N) is 2. The molecule has 21 heavy (non-hydrogen) atoms. The van der Waals surface area contributed by atoms with Crippen molar-refractivity contribution in [3.8, 4) is 0 Å². The fourth-order valence-electron chi connectivity index (χ4n) is 3.20. The minimum absolute atomic E-state index is 0.0582. The largest absolute Gasteiger partial charge is 0.358 e. The normalized spacial score (nSPS) is 24.5. The van der Waals surface area contributed by atoms with Crippen molar-refractivity contribution in [2.24, 2.45) is 5.92 Å². The van der Waals surface area contributed by atoms with Gasteiger partial charge in [0.1, 0.15) is 0 Å². The Bertz CT molecular complexity index is 449. The number of amides is 1. The van der Waals surface area contributed by atoms with Crippen LogP contribution in [0.25, 0.3) is 0 Å². The summed E-state index contributed by atoms with van der Waals surface area (Å²) in [6, 6.07) is 10.8. The average Bonchev–Trinajstić information content (AvgIpc) is 2.46. The van der Waals surface area contributed by atoms with E-state index in [4.69, 9.17) is 0 Å². The van der Waals surface area contributed by atoms with E-state index in [9.17, 15) is 4.79 Å². The first-order valence-electron chi connectivity index (χ1n) is 7.82. The Labute approximate surface area is 127 Å². The third-order valence-corrected chi connectivity index (χ3v) is 4.11. The fraction of sp³-hybridized carbons (Fsp3) is 0.588. The lowest BCUT2D eigenvalue weighted by atomic mass is 9.95. The maximum absolute atomic E-state index is 11.7. The van der Waals surface area contributed by atoms with E-state index in [1.807, 2.05) is 6.92 Å². The minimum Gasteiger partial charge on any atom is -0.358 e. The Morgan fingerprint density at radius 3 is 2.71 bits per heavy atom. The maximum atomic E-state index is 11.7. The van der Waals surface area contributed by atoms with Gasteiger partial charge in [-0.1, -0.05) is 37.3 Å². The number of hydrogen-bond donors (Lipinski definition) is 2. The van der Waals surface area contributed by atoms with Gasteiger partial charge >= 0.3 is 0 Å². The SMILES string of the molecule is CNC(=O)[C@@H](C)N[C@@H]1C[C@H](C)CN(Cc2ccccc2)C1. The predicted octanol–water partition coefficient (Wildman–Crippen LogP) is 1.62. The molecule has 0 saturated carbocycles. The Balaban J connectivity index is 1.91. The molecular weight excluding hydrogens is 262 g/mol. The van der Waals surface area contributed by atoms with Crippen molar-refractivity contribution in [3.63, 3.8) is 0 Å². The molecule has 2 N–H and O–H groups in total. The van der Waals surface area contributed by atoms with Gasteiger partial charge in [-0.05, 0) is 24.8 Å². The number of hydrogen-bond acceptors (Lipinski definition) is 3. The molecule has 1 aliphatic rings. The number of carbonyl (C=O) groups is 1. The number of benzene rings is 1. The van der Waals surface area contributed by atoms with Gasteiger partial charge in [-0.2, -0.15) is 0 Å². The highest BCUT2D eigenvalue weighted by molar-refractivity contribution is 5.80. The quantitative estimate of drug-likeness (QED) is 0.866. The Hall–Kier alpha value is -1.39. The van der Waals surface area contributed by atoms with Gasteiger partial charge in [0.25, 0.3) is 0 Å². The van der Waals surface area contributed by atoms with Crippen LogP contribution in [0.4, 0.5) is 0 Å². The second-order valence-electron chi connectivity index (χ2n) is 6.22. The number of carbonyl (C=O) groups excluding carboxylic acids is 1. The van der Waals surface area contributed by atoms with Crippen molar-refractivity contribution in [2.75, 3.05) is 20.1 Å². The highest BCUT2D eigenvalue weighted by atomic mass is 16.2. The molecule has 1 aliphatic heterocycles. The summed E-state index contributed by atoms with van der Waals surface area (Å²) in [5, 5.41) is 6.16. The molecule has 1 saturated heterocycles. The Morgan fingerprint density at radius 2 is 2.05 bits per heavy atom. The molecule has 1 heterocycles. The highest BCUT2D eigenvalue weighted by Gasteiger charge is 2.26. The molecule has 0 aromatic heterocycles. The molecule has 4 nitrogen and oxygen atoms in total. The van der Waals surface area contributed by atoms with Crippen molar-refractivity contribution >= 4 is 5.91 Å². The number of piperidine rings is 1. The molecule has 0 bridgehead atoms. The molecule has 1 aromatic carbocycles. The van der Waals surface area contributed by atoms with E-state index in [1.54, 1.807) is 7.05 Å². The van der Waals surface area contributed by atoms with Crippen LogP contribution in [0, 0.1) is 5.92 Å². The zero-order valence-corrected chi connectivity index (χ0v) is 13.3. The van der Waals surface area contributed by atoms with Crippen LogP contribution in [0.3, 0.4) is 0 Å². The lowest BCUT2D eigenvalue weighted by Crippen LogP contribution is -2.53. The molecule has 0 radical (unpaired) electrons. The minimum atomic E-state index is -0.135. The monoisotopic (exact) mass is 289 g/mol. The van der Waals surface area contributed by atoms with Crippen molar-refractivity contribution in [3.05, 3.63) is 35.9 Å². The topological polar surface area (TPSA) is 44.4 Å². The standard InChI is InChI=1S/C17H27N3O/c1-13-9-16(19-14(2)17(21)18-3)12-20(10-13)11-15-7-5-4-6-8-15/h4-8,13-14,16,19H,9-12H2,1-3H3,(H,18,21)/t13-,14+,16+/m0/s1. The first kappa shape index (κ1) is 16.0. The molecule has 4 heteroatoms. The summed E-state index contributed by atoms with van der Waals surface area (Å²) in [5.41, 5.74) is 1.35. The second kappa shape index (κ2) is 7.57. The summed E-state index contributed by atoms with van der Waals surface area (Å²) < 4.78 is 0. The van der Waals surface area contributed by atoms with Crippen LogP contribution in [-0.4, -0.2) is 43.0 Å². The molecule has 116 valence electrons. The molecule has 1 fully saturated rings. The van der Waals surface area contributed by atoms with Crippen LogP contribution >= 0.6 is 0 Å². The van der Waals surface area contributed by atoms with Crippen LogP contribution in [0.2, 0.25) is 0 Å². The van der Waals surface area contributed by atoms with Crippen LogP contribution in [0.5, 0.6) is 0 Å². The number of rotatable bonds is 5. The van der Waals surface area contributed by atoms with Crippen LogP contribution < -0.4 is 10.6 Å². The first-order valence-corrected chi connectivity index (χ1v) is 7.82. The third kappa shape index (κ3) is 4.83. The zero-order valence-electron chi connectivity index (χ0n) is 13.3. The molecule has 2 rings (SSSR count). The van der Waals surface area contributed by atoms with Gasteiger partial charge in [0, 0.05) is 32.7 Å². The number of likely N-dealkylation sites (tertiary alicyclic amines) is 1. The maximum Gasteiger partial charge on any atom is 0.236 e. The molecule has 0 unspecified atom stereocenters. The van der Waals surface area contributed by atoms with Crippen molar-refractivity contribution in [1.29, 1.82) is 0 Å². The molecule has 1 aromatic rings. The molecule has 1 amide bonds. The summed E-state index contributed by atoms with van der Waals surface area (Å²) in [6.07, 6.45) is 1.13. The van der Waals surface area contributed by atoms with Gasteiger partial charge < -0.3 is 10.6 Å².